The number of carbonyl (C=O) groups excluding carboxylic acids is 1. The average molecular weight is 394 g/mol. The second kappa shape index (κ2) is 7.37. The first-order valence-electron chi connectivity index (χ1n) is 9.36. The molecule has 5 nitrogen and oxygen atoms in total. The normalized spacial score (nSPS) is 15.9. The van der Waals surface area contributed by atoms with E-state index in [0.717, 1.165) is 28.4 Å². The summed E-state index contributed by atoms with van der Waals surface area (Å²) in [5.41, 5.74) is 1.67. The second-order valence-corrected chi connectivity index (χ2v) is 8.77. The van der Waals surface area contributed by atoms with Gasteiger partial charge in [0.2, 0.25) is 15.9 Å². The van der Waals surface area contributed by atoms with Gasteiger partial charge < -0.3 is 4.90 Å². The van der Waals surface area contributed by atoms with Crippen molar-refractivity contribution in [2.45, 2.75) is 30.7 Å². The Morgan fingerprint density at radius 1 is 0.964 bits per heavy atom. The van der Waals surface area contributed by atoms with E-state index in [1.807, 2.05) is 49.4 Å². The lowest BCUT2D eigenvalue weighted by atomic mass is 10.0. The predicted molar refractivity (Wildman–Crippen MR) is 111 cm³/mol. The Morgan fingerprint density at radius 2 is 1.68 bits per heavy atom. The summed E-state index contributed by atoms with van der Waals surface area (Å²) in [5.74, 6) is 0.0818. The van der Waals surface area contributed by atoms with Gasteiger partial charge in [-0.25, -0.2) is 13.1 Å². The third kappa shape index (κ3) is 3.53. The van der Waals surface area contributed by atoms with E-state index in [1.165, 1.54) is 0 Å². The van der Waals surface area contributed by atoms with Crippen LogP contribution < -0.4 is 9.62 Å². The van der Waals surface area contributed by atoms with Gasteiger partial charge in [-0.3, -0.25) is 4.79 Å². The molecule has 0 aliphatic carbocycles. The largest absolute Gasteiger partial charge is 0.312 e. The van der Waals surface area contributed by atoms with Crippen molar-refractivity contribution < 1.29 is 13.2 Å². The molecular formula is C22H22N2O3S. The molecule has 3 aromatic carbocycles. The van der Waals surface area contributed by atoms with Gasteiger partial charge in [0.15, 0.2) is 0 Å². The van der Waals surface area contributed by atoms with Crippen LogP contribution in [0, 0.1) is 0 Å². The van der Waals surface area contributed by atoms with E-state index in [1.54, 1.807) is 29.2 Å². The van der Waals surface area contributed by atoms with E-state index in [0.29, 0.717) is 13.0 Å². The summed E-state index contributed by atoms with van der Waals surface area (Å²) < 4.78 is 28.5. The summed E-state index contributed by atoms with van der Waals surface area (Å²) in [7, 11) is -3.68. The quantitative estimate of drug-likeness (QED) is 0.711. The van der Waals surface area contributed by atoms with Crippen LogP contribution in [0.15, 0.2) is 71.6 Å². The predicted octanol–water partition coefficient (Wildman–Crippen LogP) is 4.01. The minimum Gasteiger partial charge on any atom is -0.312 e. The third-order valence-electron chi connectivity index (χ3n) is 5.15. The molecule has 1 aliphatic heterocycles. The molecule has 1 saturated heterocycles. The molecule has 1 atom stereocenters. The highest BCUT2D eigenvalue weighted by Gasteiger charge is 2.23. The van der Waals surface area contributed by atoms with Gasteiger partial charge in [0.05, 0.1) is 4.90 Å². The number of nitrogens with zero attached hydrogens (tertiary/aromatic N) is 1. The molecular weight excluding hydrogens is 372 g/mol. The van der Waals surface area contributed by atoms with Crippen LogP contribution >= 0.6 is 0 Å². The molecule has 0 spiro atoms. The summed E-state index contributed by atoms with van der Waals surface area (Å²) in [6.45, 7) is 2.53. The van der Waals surface area contributed by atoms with E-state index in [4.69, 9.17) is 0 Å². The van der Waals surface area contributed by atoms with E-state index >= 15 is 0 Å². The molecule has 1 aliphatic rings. The van der Waals surface area contributed by atoms with Gasteiger partial charge >= 0.3 is 0 Å². The zero-order chi connectivity index (χ0) is 19.7. The standard InChI is InChI=1S/C22H22N2O3S/c1-16(20-9-4-7-17-6-2-3-8-21(17)20)23-28(26,27)19-13-11-18(12-14-19)24-15-5-10-22(24)25/h2-4,6-9,11-14,16,23H,5,10,15H2,1H3. The number of carbonyl (C=O) groups is 1. The Balaban J connectivity index is 1.57. The fraction of sp³-hybridized carbons (Fsp3) is 0.227. The molecule has 0 saturated carbocycles. The van der Waals surface area contributed by atoms with Crippen molar-refractivity contribution >= 4 is 32.4 Å². The highest BCUT2D eigenvalue weighted by molar-refractivity contribution is 7.89. The van der Waals surface area contributed by atoms with Crippen LogP contribution in [0.2, 0.25) is 0 Å². The lowest BCUT2D eigenvalue weighted by molar-refractivity contribution is -0.117. The number of fused-ring (bicyclic) bond motifs is 1. The highest BCUT2D eigenvalue weighted by Crippen LogP contribution is 2.27. The van der Waals surface area contributed by atoms with Gasteiger partial charge in [-0.2, -0.15) is 0 Å². The zero-order valence-corrected chi connectivity index (χ0v) is 16.4. The van der Waals surface area contributed by atoms with Crippen molar-refractivity contribution in [1.82, 2.24) is 4.72 Å². The molecule has 0 aromatic heterocycles. The maximum Gasteiger partial charge on any atom is 0.241 e. The van der Waals surface area contributed by atoms with Gasteiger partial charge in [-0.15, -0.1) is 0 Å². The first kappa shape index (κ1) is 18.7. The van der Waals surface area contributed by atoms with Crippen molar-refractivity contribution in [2.24, 2.45) is 0 Å². The van der Waals surface area contributed by atoms with Crippen LogP contribution in [-0.4, -0.2) is 20.9 Å². The summed E-state index contributed by atoms with van der Waals surface area (Å²) in [5, 5.41) is 2.11. The molecule has 3 aromatic rings. The van der Waals surface area contributed by atoms with Crippen molar-refractivity contribution in [3.63, 3.8) is 0 Å². The Kier molecular flexibility index (Phi) is 4.91. The second-order valence-electron chi connectivity index (χ2n) is 7.05. The SMILES string of the molecule is CC(NS(=O)(=O)c1ccc(N2CCCC2=O)cc1)c1cccc2ccccc12. The number of sulfonamides is 1. The minimum absolute atomic E-state index is 0.0818. The van der Waals surface area contributed by atoms with Crippen LogP contribution in [0.3, 0.4) is 0 Å². The number of hydrogen-bond donors (Lipinski definition) is 1. The maximum absolute atomic E-state index is 12.9. The number of hydrogen-bond acceptors (Lipinski definition) is 3. The topological polar surface area (TPSA) is 66.5 Å². The molecule has 1 N–H and O–H groups in total. The van der Waals surface area contributed by atoms with Crippen LogP contribution in [0.25, 0.3) is 10.8 Å². The Bertz CT molecular complexity index is 1120. The van der Waals surface area contributed by atoms with Crippen LogP contribution in [0.1, 0.15) is 31.4 Å². The lowest BCUT2D eigenvalue weighted by Crippen LogP contribution is -2.27. The molecule has 1 fully saturated rings. The maximum atomic E-state index is 12.9. The summed E-state index contributed by atoms with van der Waals surface area (Å²) in [4.78, 5) is 13.7. The van der Waals surface area contributed by atoms with Crippen LogP contribution in [0.4, 0.5) is 5.69 Å². The van der Waals surface area contributed by atoms with E-state index in [-0.39, 0.29) is 16.8 Å². The molecule has 1 amide bonds. The van der Waals surface area contributed by atoms with Crippen molar-refractivity contribution in [1.29, 1.82) is 0 Å². The molecule has 28 heavy (non-hydrogen) atoms. The Morgan fingerprint density at radius 3 is 2.39 bits per heavy atom. The van der Waals surface area contributed by atoms with Crippen LogP contribution in [0.5, 0.6) is 0 Å². The molecule has 144 valence electrons. The van der Waals surface area contributed by atoms with E-state index in [2.05, 4.69) is 4.72 Å². The molecule has 1 heterocycles. The van der Waals surface area contributed by atoms with Crippen LogP contribution in [-0.2, 0) is 14.8 Å². The van der Waals surface area contributed by atoms with Gasteiger partial charge in [0.25, 0.3) is 0 Å². The number of amides is 1. The number of rotatable bonds is 5. The molecule has 6 heteroatoms. The molecule has 1 unspecified atom stereocenters. The molecule has 4 rings (SSSR count). The van der Waals surface area contributed by atoms with Crippen molar-refractivity contribution in [3.05, 3.63) is 72.3 Å². The Labute approximate surface area is 165 Å². The highest BCUT2D eigenvalue weighted by atomic mass is 32.2. The van der Waals surface area contributed by atoms with Gasteiger partial charge in [0, 0.05) is 24.7 Å². The van der Waals surface area contributed by atoms with Gasteiger partial charge in [-0.1, -0.05) is 42.5 Å². The van der Waals surface area contributed by atoms with Gasteiger partial charge in [-0.05, 0) is 53.9 Å². The van der Waals surface area contributed by atoms with Crippen molar-refractivity contribution in [3.8, 4) is 0 Å². The number of benzene rings is 3. The minimum atomic E-state index is -3.68. The zero-order valence-electron chi connectivity index (χ0n) is 15.6. The molecule has 0 bridgehead atoms. The number of nitrogens with one attached hydrogen (secondary N) is 1. The fourth-order valence-electron chi connectivity index (χ4n) is 3.72. The van der Waals surface area contributed by atoms with Crippen molar-refractivity contribution in [2.75, 3.05) is 11.4 Å². The first-order valence-corrected chi connectivity index (χ1v) is 10.8. The van der Waals surface area contributed by atoms with E-state index in [9.17, 15) is 13.2 Å². The first-order chi connectivity index (χ1) is 13.5. The smallest absolute Gasteiger partial charge is 0.241 e. The summed E-state index contributed by atoms with van der Waals surface area (Å²) in [6, 6.07) is 19.9. The molecule has 0 radical (unpaired) electrons. The average Bonchev–Trinajstić information content (AvgIpc) is 3.13. The Hall–Kier alpha value is -2.70. The lowest BCUT2D eigenvalue weighted by Gasteiger charge is -2.18. The number of anilines is 1. The summed E-state index contributed by atoms with van der Waals surface area (Å²) >= 11 is 0. The van der Waals surface area contributed by atoms with E-state index < -0.39 is 10.0 Å². The van der Waals surface area contributed by atoms with Gasteiger partial charge in [0.1, 0.15) is 0 Å². The monoisotopic (exact) mass is 394 g/mol. The third-order valence-corrected chi connectivity index (χ3v) is 6.71. The summed E-state index contributed by atoms with van der Waals surface area (Å²) in [6.07, 6.45) is 1.38. The fourth-order valence-corrected chi connectivity index (χ4v) is 4.94.